The lowest BCUT2D eigenvalue weighted by Crippen LogP contribution is -2.71. The molecule has 2 aliphatic rings. The smallest absolute Gasteiger partial charge is 0.249 e. The number of piperazine rings is 1. The second-order valence-electron chi connectivity index (χ2n) is 6.32. The van der Waals surface area contributed by atoms with Crippen LogP contribution in [0.5, 0.6) is 0 Å². The molecule has 2 amide bonds. The Hall–Kier alpha value is -0.910. The molecule has 2 rings (SSSR count). The van der Waals surface area contributed by atoms with Gasteiger partial charge >= 0.3 is 0 Å². The van der Waals surface area contributed by atoms with E-state index in [1.165, 1.54) is 0 Å². The summed E-state index contributed by atoms with van der Waals surface area (Å²) in [5.74, 6) is -0.0148. The van der Waals surface area contributed by atoms with E-state index in [4.69, 9.17) is 0 Å². The first kappa shape index (κ1) is 16.5. The van der Waals surface area contributed by atoms with E-state index < -0.39 is 22.4 Å². The largest absolute Gasteiger partial charge is 0.340 e. The number of nitrogens with zero attached hydrogens (tertiary/aromatic N) is 1. The summed E-state index contributed by atoms with van der Waals surface area (Å²) in [4.78, 5) is 27.1. The molecular weight excluding hydrogens is 288 g/mol. The predicted molar refractivity (Wildman–Crippen MR) is 83.3 cm³/mol. The van der Waals surface area contributed by atoms with E-state index in [1.807, 2.05) is 13.8 Å². The zero-order valence-electron chi connectivity index (χ0n) is 13.2. The van der Waals surface area contributed by atoms with Crippen molar-refractivity contribution in [3.05, 3.63) is 0 Å². The average molecular weight is 314 g/mol. The van der Waals surface area contributed by atoms with Crippen molar-refractivity contribution in [3.63, 3.8) is 0 Å². The van der Waals surface area contributed by atoms with Crippen molar-refractivity contribution in [2.75, 3.05) is 12.8 Å². The number of hydrogen-bond acceptors (Lipinski definition) is 3. The van der Waals surface area contributed by atoms with Gasteiger partial charge in [0.2, 0.25) is 11.8 Å². The highest BCUT2D eigenvalue weighted by Crippen LogP contribution is 2.34. The molecule has 6 heteroatoms. The Morgan fingerprint density at radius 1 is 1.33 bits per heavy atom. The molecule has 0 aromatic heterocycles. The zero-order valence-corrected chi connectivity index (χ0v) is 14.0. The van der Waals surface area contributed by atoms with Crippen LogP contribution in [0.25, 0.3) is 0 Å². The first-order valence-corrected chi connectivity index (χ1v) is 9.48. The minimum Gasteiger partial charge on any atom is -0.340 e. The summed E-state index contributed by atoms with van der Waals surface area (Å²) in [5.41, 5.74) is -0.698. The third-order valence-corrected chi connectivity index (χ3v) is 6.11. The van der Waals surface area contributed by atoms with Crippen LogP contribution >= 0.6 is 0 Å². The average Bonchev–Trinajstić information content (AvgIpc) is 2.45. The Balaban J connectivity index is 2.26. The van der Waals surface area contributed by atoms with E-state index in [9.17, 15) is 13.8 Å². The van der Waals surface area contributed by atoms with Gasteiger partial charge in [-0.2, -0.15) is 0 Å². The van der Waals surface area contributed by atoms with Crippen LogP contribution in [0.4, 0.5) is 0 Å². The van der Waals surface area contributed by atoms with Crippen molar-refractivity contribution in [2.45, 2.75) is 69.2 Å². The van der Waals surface area contributed by atoms with Gasteiger partial charge in [0.15, 0.2) is 0 Å². The van der Waals surface area contributed by atoms with Gasteiger partial charge in [0, 0.05) is 28.9 Å². The van der Waals surface area contributed by atoms with E-state index >= 15 is 0 Å². The highest BCUT2D eigenvalue weighted by Gasteiger charge is 2.50. The maximum Gasteiger partial charge on any atom is 0.249 e. The molecule has 1 aliphatic heterocycles. The Bertz CT molecular complexity index is 446. The third kappa shape index (κ3) is 3.15. The molecule has 1 aliphatic carbocycles. The summed E-state index contributed by atoms with van der Waals surface area (Å²) >= 11 is 0. The predicted octanol–water partition coefficient (Wildman–Crippen LogP) is 1.19. The van der Waals surface area contributed by atoms with Crippen LogP contribution in [0.15, 0.2) is 0 Å². The number of amides is 2. The second-order valence-corrected chi connectivity index (χ2v) is 8.12. The fourth-order valence-corrected chi connectivity index (χ4v) is 3.79. The van der Waals surface area contributed by atoms with Crippen molar-refractivity contribution in [1.29, 1.82) is 0 Å². The van der Waals surface area contributed by atoms with Crippen molar-refractivity contribution >= 4 is 22.6 Å². The second kappa shape index (κ2) is 6.46. The SMILES string of the molecule is CCC1C(=O)NC2(CCCCC2)C(=O)N1CC(C)S(C)=O. The summed E-state index contributed by atoms with van der Waals surface area (Å²) in [6.07, 6.45) is 6.78. The minimum atomic E-state index is -0.997. The van der Waals surface area contributed by atoms with Crippen molar-refractivity contribution < 1.29 is 13.8 Å². The molecule has 2 fully saturated rings. The molecule has 3 unspecified atom stereocenters. The zero-order chi connectivity index (χ0) is 15.6. The number of carbonyl (C=O) groups is 2. The van der Waals surface area contributed by atoms with Gasteiger partial charge in [-0.1, -0.05) is 26.2 Å². The van der Waals surface area contributed by atoms with Gasteiger partial charge in [-0.25, -0.2) is 0 Å². The van der Waals surface area contributed by atoms with Gasteiger partial charge in [0.1, 0.15) is 11.6 Å². The fourth-order valence-electron chi connectivity index (χ4n) is 3.42. The first-order valence-electron chi connectivity index (χ1n) is 7.86. The lowest BCUT2D eigenvalue weighted by molar-refractivity contribution is -0.156. The third-order valence-electron chi connectivity index (χ3n) is 4.83. The van der Waals surface area contributed by atoms with Gasteiger partial charge in [0.25, 0.3) is 0 Å². The van der Waals surface area contributed by atoms with Gasteiger partial charge in [-0.15, -0.1) is 0 Å². The van der Waals surface area contributed by atoms with Gasteiger partial charge in [-0.05, 0) is 26.2 Å². The van der Waals surface area contributed by atoms with Crippen LogP contribution in [-0.4, -0.2) is 50.6 Å². The van der Waals surface area contributed by atoms with E-state index in [1.54, 1.807) is 11.2 Å². The van der Waals surface area contributed by atoms with Crippen LogP contribution in [0, 0.1) is 0 Å². The van der Waals surface area contributed by atoms with E-state index in [-0.39, 0.29) is 17.1 Å². The van der Waals surface area contributed by atoms with Crippen molar-refractivity contribution in [2.24, 2.45) is 0 Å². The molecule has 3 atom stereocenters. The maximum absolute atomic E-state index is 13.0. The summed E-state index contributed by atoms with van der Waals surface area (Å²) in [6.45, 7) is 4.18. The fraction of sp³-hybridized carbons (Fsp3) is 0.867. The van der Waals surface area contributed by atoms with Gasteiger partial charge in [-0.3, -0.25) is 13.8 Å². The molecular formula is C15H26N2O3S. The van der Waals surface area contributed by atoms with Crippen molar-refractivity contribution in [3.8, 4) is 0 Å². The summed E-state index contributed by atoms with van der Waals surface area (Å²) in [5, 5.41) is 2.89. The van der Waals surface area contributed by atoms with Gasteiger partial charge < -0.3 is 10.2 Å². The Kier molecular flexibility index (Phi) is 5.07. The lowest BCUT2D eigenvalue weighted by atomic mass is 9.78. The molecule has 0 aromatic rings. The molecule has 120 valence electrons. The molecule has 0 bridgehead atoms. The van der Waals surface area contributed by atoms with E-state index in [0.717, 1.165) is 32.1 Å². The van der Waals surface area contributed by atoms with Crippen LogP contribution in [0.1, 0.15) is 52.4 Å². The van der Waals surface area contributed by atoms with E-state index in [0.29, 0.717) is 13.0 Å². The monoisotopic (exact) mass is 314 g/mol. The maximum atomic E-state index is 13.0. The first-order chi connectivity index (χ1) is 9.91. The Morgan fingerprint density at radius 2 is 1.95 bits per heavy atom. The highest BCUT2D eigenvalue weighted by molar-refractivity contribution is 7.84. The quantitative estimate of drug-likeness (QED) is 0.848. The molecule has 1 heterocycles. The number of hydrogen-bond donors (Lipinski definition) is 1. The Labute approximate surface area is 129 Å². The summed E-state index contributed by atoms with van der Waals surface area (Å²) in [6, 6.07) is -0.420. The molecule has 1 N–H and O–H groups in total. The molecule has 1 spiro atoms. The number of rotatable bonds is 4. The molecule has 0 aromatic carbocycles. The van der Waals surface area contributed by atoms with Crippen LogP contribution in [0.3, 0.4) is 0 Å². The van der Waals surface area contributed by atoms with Gasteiger partial charge in [0.05, 0.1) is 0 Å². The normalized spacial score (nSPS) is 28.3. The van der Waals surface area contributed by atoms with Crippen LogP contribution in [-0.2, 0) is 20.4 Å². The van der Waals surface area contributed by atoms with Crippen molar-refractivity contribution in [1.82, 2.24) is 10.2 Å². The summed E-state index contributed by atoms with van der Waals surface area (Å²) < 4.78 is 11.6. The van der Waals surface area contributed by atoms with E-state index in [2.05, 4.69) is 5.32 Å². The van der Waals surface area contributed by atoms with Crippen LogP contribution < -0.4 is 5.32 Å². The molecule has 1 saturated heterocycles. The topological polar surface area (TPSA) is 66.5 Å². The molecule has 1 saturated carbocycles. The molecule has 0 radical (unpaired) electrons. The number of carbonyl (C=O) groups excluding carboxylic acids is 2. The number of nitrogens with one attached hydrogen (secondary N) is 1. The highest BCUT2D eigenvalue weighted by atomic mass is 32.2. The standard InChI is InChI=1S/C15H26N2O3S/c1-4-12-13(18)16-15(8-6-5-7-9-15)14(19)17(12)10-11(2)21(3)20/h11-12H,4-10H2,1-3H3,(H,16,18). The lowest BCUT2D eigenvalue weighted by Gasteiger charge is -2.48. The van der Waals surface area contributed by atoms with Crippen LogP contribution in [0.2, 0.25) is 0 Å². The minimum absolute atomic E-state index is 0.0333. The molecule has 21 heavy (non-hydrogen) atoms. The molecule has 5 nitrogen and oxygen atoms in total. The Morgan fingerprint density at radius 3 is 2.48 bits per heavy atom. The summed E-state index contributed by atoms with van der Waals surface area (Å²) in [7, 11) is -0.997.